The first-order valence-electron chi connectivity index (χ1n) is 3.85. The van der Waals surface area contributed by atoms with Gasteiger partial charge in [-0.25, -0.2) is 8.78 Å². The van der Waals surface area contributed by atoms with Crippen molar-refractivity contribution in [2.45, 2.75) is 6.43 Å². The van der Waals surface area contributed by atoms with Crippen molar-refractivity contribution < 1.29 is 18.4 Å². The van der Waals surface area contributed by atoms with Crippen LogP contribution in [0.3, 0.4) is 0 Å². The zero-order chi connectivity index (χ0) is 11.4. The number of nitro groups is 1. The molecule has 0 N–H and O–H groups in total. The molecule has 0 fully saturated rings. The number of alkyl halides is 2. The van der Waals surface area contributed by atoms with Crippen LogP contribution in [0.5, 0.6) is 5.75 Å². The summed E-state index contributed by atoms with van der Waals surface area (Å²) in [7, 11) is 0. The largest absolute Gasteiger partial charge is 0.487 e. The van der Waals surface area contributed by atoms with Gasteiger partial charge in [-0.3, -0.25) is 10.1 Å². The molecular formula is C8H6BrF2NO3. The summed E-state index contributed by atoms with van der Waals surface area (Å²) in [6.07, 6.45) is -2.61. The Kier molecular flexibility index (Phi) is 3.96. The Hall–Kier alpha value is -1.24. The molecule has 4 nitrogen and oxygen atoms in total. The van der Waals surface area contributed by atoms with E-state index in [1.54, 1.807) is 0 Å². The smallest absolute Gasteiger partial charge is 0.274 e. The number of rotatable bonds is 4. The topological polar surface area (TPSA) is 52.4 Å². The number of nitro benzene ring substituents is 1. The summed E-state index contributed by atoms with van der Waals surface area (Å²) in [5.74, 6) is 0.0383. The fraction of sp³-hybridized carbons (Fsp3) is 0.250. The van der Waals surface area contributed by atoms with E-state index in [1.807, 2.05) is 0 Å². The van der Waals surface area contributed by atoms with Gasteiger partial charge in [-0.15, -0.1) is 0 Å². The molecule has 0 aliphatic heterocycles. The minimum atomic E-state index is -2.61. The zero-order valence-corrected chi connectivity index (χ0v) is 8.91. The van der Waals surface area contributed by atoms with Crippen molar-refractivity contribution >= 4 is 21.6 Å². The fourth-order valence-corrected chi connectivity index (χ4v) is 1.36. The van der Waals surface area contributed by atoms with E-state index in [2.05, 4.69) is 20.7 Å². The minimum absolute atomic E-state index is 0.0383. The third kappa shape index (κ3) is 3.78. The van der Waals surface area contributed by atoms with Gasteiger partial charge in [-0.1, -0.05) is 15.9 Å². The fourth-order valence-electron chi connectivity index (χ4n) is 0.896. The van der Waals surface area contributed by atoms with Crippen LogP contribution in [-0.4, -0.2) is 18.0 Å². The highest BCUT2D eigenvalue weighted by Gasteiger charge is 2.11. The van der Waals surface area contributed by atoms with Crippen LogP contribution in [0.2, 0.25) is 0 Å². The first-order valence-corrected chi connectivity index (χ1v) is 4.64. The first kappa shape index (κ1) is 11.8. The number of benzene rings is 1. The molecule has 0 aliphatic rings. The third-order valence-electron chi connectivity index (χ3n) is 1.44. The van der Waals surface area contributed by atoms with Crippen molar-refractivity contribution in [3.63, 3.8) is 0 Å². The van der Waals surface area contributed by atoms with E-state index < -0.39 is 18.0 Å². The standard InChI is InChI=1S/C8H6BrF2NO3/c9-5-1-6(12(13)14)3-7(2-5)15-4-8(10)11/h1-3,8H,4H2. The van der Waals surface area contributed by atoms with Gasteiger partial charge in [0.2, 0.25) is 0 Å². The molecule has 0 bridgehead atoms. The van der Waals surface area contributed by atoms with Crippen LogP contribution in [0, 0.1) is 10.1 Å². The average Bonchev–Trinajstić information content (AvgIpc) is 2.13. The van der Waals surface area contributed by atoms with Crippen molar-refractivity contribution in [2.24, 2.45) is 0 Å². The molecule has 1 aromatic rings. The van der Waals surface area contributed by atoms with Crippen molar-refractivity contribution in [1.29, 1.82) is 0 Å². The van der Waals surface area contributed by atoms with Gasteiger partial charge in [0.1, 0.15) is 12.4 Å². The van der Waals surface area contributed by atoms with Crippen LogP contribution in [-0.2, 0) is 0 Å². The Morgan fingerprint density at radius 3 is 2.67 bits per heavy atom. The Morgan fingerprint density at radius 2 is 2.13 bits per heavy atom. The molecule has 0 spiro atoms. The predicted octanol–water partition coefficient (Wildman–Crippen LogP) is 3.00. The maximum atomic E-state index is 11.8. The number of ether oxygens (including phenoxy) is 1. The highest BCUT2D eigenvalue weighted by Crippen LogP contribution is 2.26. The number of non-ortho nitro benzene ring substituents is 1. The minimum Gasteiger partial charge on any atom is -0.487 e. The van der Waals surface area contributed by atoms with Crippen LogP contribution >= 0.6 is 15.9 Å². The van der Waals surface area contributed by atoms with Crippen LogP contribution in [0.4, 0.5) is 14.5 Å². The summed E-state index contributed by atoms with van der Waals surface area (Å²) in [4.78, 5) is 9.80. The van der Waals surface area contributed by atoms with Crippen molar-refractivity contribution in [1.82, 2.24) is 0 Å². The molecule has 7 heteroatoms. The second-order valence-corrected chi connectivity index (χ2v) is 3.52. The zero-order valence-electron chi connectivity index (χ0n) is 7.32. The number of nitrogens with zero attached hydrogens (tertiary/aromatic N) is 1. The molecule has 1 aromatic carbocycles. The molecule has 0 atom stereocenters. The lowest BCUT2D eigenvalue weighted by molar-refractivity contribution is -0.385. The van der Waals surface area contributed by atoms with Crippen molar-refractivity contribution in [3.05, 3.63) is 32.8 Å². The molecule has 0 unspecified atom stereocenters. The molecule has 0 radical (unpaired) electrons. The first-order chi connectivity index (χ1) is 6.99. The summed E-state index contributed by atoms with van der Waals surface area (Å²) < 4.78 is 28.7. The van der Waals surface area contributed by atoms with E-state index >= 15 is 0 Å². The summed E-state index contributed by atoms with van der Waals surface area (Å²) in [5.41, 5.74) is -0.214. The van der Waals surface area contributed by atoms with Gasteiger partial charge < -0.3 is 4.74 Å². The van der Waals surface area contributed by atoms with Crippen molar-refractivity contribution in [2.75, 3.05) is 6.61 Å². The molecule has 0 heterocycles. The second kappa shape index (κ2) is 5.01. The Bertz CT molecular complexity index is 373. The third-order valence-corrected chi connectivity index (χ3v) is 1.90. The van der Waals surface area contributed by atoms with Gasteiger partial charge in [-0.05, 0) is 6.07 Å². The summed E-state index contributed by atoms with van der Waals surface area (Å²) in [6.45, 7) is -0.784. The summed E-state index contributed by atoms with van der Waals surface area (Å²) in [6, 6.07) is 3.73. The monoisotopic (exact) mass is 281 g/mol. The second-order valence-electron chi connectivity index (χ2n) is 2.60. The molecule has 1 rings (SSSR count). The predicted molar refractivity (Wildman–Crippen MR) is 52.3 cm³/mol. The van der Waals surface area contributed by atoms with Gasteiger partial charge in [0.25, 0.3) is 12.1 Å². The average molecular weight is 282 g/mol. The molecule has 0 aromatic heterocycles. The molecule has 82 valence electrons. The highest BCUT2D eigenvalue weighted by atomic mass is 79.9. The molecule has 0 amide bonds. The van der Waals surface area contributed by atoms with Crippen LogP contribution in [0.15, 0.2) is 22.7 Å². The lowest BCUT2D eigenvalue weighted by Gasteiger charge is -2.05. The molecule has 0 aliphatic carbocycles. The quantitative estimate of drug-likeness (QED) is 0.630. The maximum Gasteiger partial charge on any atom is 0.274 e. The highest BCUT2D eigenvalue weighted by molar-refractivity contribution is 9.10. The van der Waals surface area contributed by atoms with Crippen LogP contribution in [0.1, 0.15) is 0 Å². The van der Waals surface area contributed by atoms with Gasteiger partial charge in [0, 0.05) is 10.5 Å². The van der Waals surface area contributed by atoms with E-state index in [0.29, 0.717) is 4.47 Å². The molecular weight excluding hydrogens is 276 g/mol. The normalized spacial score (nSPS) is 10.4. The van der Waals surface area contributed by atoms with Gasteiger partial charge in [-0.2, -0.15) is 0 Å². The summed E-state index contributed by atoms with van der Waals surface area (Å²) >= 11 is 3.02. The Labute approximate surface area is 92.1 Å². The van der Waals surface area contributed by atoms with Crippen LogP contribution < -0.4 is 4.74 Å². The molecule has 0 saturated carbocycles. The van der Waals surface area contributed by atoms with E-state index in [9.17, 15) is 18.9 Å². The van der Waals surface area contributed by atoms with E-state index in [-0.39, 0.29) is 11.4 Å². The molecule has 15 heavy (non-hydrogen) atoms. The van der Waals surface area contributed by atoms with E-state index in [1.165, 1.54) is 12.1 Å². The van der Waals surface area contributed by atoms with Crippen molar-refractivity contribution in [3.8, 4) is 5.75 Å². The van der Waals surface area contributed by atoms with Gasteiger partial charge >= 0.3 is 0 Å². The van der Waals surface area contributed by atoms with Crippen LogP contribution in [0.25, 0.3) is 0 Å². The number of hydrogen-bond donors (Lipinski definition) is 0. The van der Waals surface area contributed by atoms with Gasteiger partial charge in [0.15, 0.2) is 0 Å². The molecule has 0 saturated heterocycles. The lowest BCUT2D eigenvalue weighted by atomic mass is 10.3. The lowest BCUT2D eigenvalue weighted by Crippen LogP contribution is -2.07. The van der Waals surface area contributed by atoms with E-state index in [0.717, 1.165) is 6.07 Å². The Morgan fingerprint density at radius 1 is 1.47 bits per heavy atom. The SMILES string of the molecule is O=[N+]([O-])c1cc(Br)cc(OCC(F)F)c1. The number of halogens is 3. The maximum absolute atomic E-state index is 11.8. The van der Waals surface area contributed by atoms with Gasteiger partial charge in [0.05, 0.1) is 11.0 Å². The number of hydrogen-bond acceptors (Lipinski definition) is 3. The van der Waals surface area contributed by atoms with E-state index in [4.69, 9.17) is 0 Å². The summed E-state index contributed by atoms with van der Waals surface area (Å²) in [5, 5.41) is 10.4. The Balaban J connectivity index is 2.84.